The zero-order valence-electron chi connectivity index (χ0n) is 28.6. The number of hydrogen-bond donors (Lipinski definition) is 0. The van der Waals surface area contributed by atoms with Gasteiger partial charge in [0.25, 0.3) is 0 Å². The Morgan fingerprint density at radius 2 is 1.46 bits per heavy atom. The van der Waals surface area contributed by atoms with Crippen LogP contribution in [-0.2, 0) is 45.0 Å². The molecule has 1 unspecified atom stereocenters. The average molecular weight is 670 g/mol. The number of methoxy groups -OCH3 is 1. The van der Waals surface area contributed by atoms with Gasteiger partial charge in [-0.05, 0) is 105 Å². The molecule has 1 atom stereocenters. The molecular formula is C41H48ClNO5. The second-order valence-corrected chi connectivity index (χ2v) is 13.2. The highest BCUT2D eigenvalue weighted by Gasteiger charge is 2.29. The first-order chi connectivity index (χ1) is 23.2. The predicted octanol–water partition coefficient (Wildman–Crippen LogP) is 9.04. The van der Waals surface area contributed by atoms with Crippen molar-refractivity contribution in [2.75, 3.05) is 26.8 Å². The summed E-state index contributed by atoms with van der Waals surface area (Å²) < 4.78 is 16.9. The molecule has 4 aromatic carbocycles. The molecule has 0 heterocycles. The van der Waals surface area contributed by atoms with Crippen LogP contribution in [0.3, 0.4) is 0 Å². The van der Waals surface area contributed by atoms with E-state index in [-0.39, 0.29) is 18.0 Å². The highest BCUT2D eigenvalue weighted by Crippen LogP contribution is 2.27. The number of halogens is 1. The Kier molecular flexibility index (Phi) is 14.2. The Hall–Kier alpha value is -3.97. The monoisotopic (exact) mass is 669 g/mol. The first-order valence-corrected chi connectivity index (χ1v) is 17.1. The van der Waals surface area contributed by atoms with E-state index in [2.05, 4.69) is 59.5 Å². The van der Waals surface area contributed by atoms with Crippen molar-refractivity contribution in [3.05, 3.63) is 142 Å². The molecule has 254 valence electrons. The van der Waals surface area contributed by atoms with Crippen LogP contribution in [0.4, 0.5) is 0 Å². The van der Waals surface area contributed by atoms with Gasteiger partial charge in [-0.2, -0.15) is 0 Å². The minimum Gasteiger partial charge on any atom is -0.466 e. The number of nitrogens with zero attached hydrogens (tertiary/aromatic N) is 1. The van der Waals surface area contributed by atoms with Crippen LogP contribution in [0.2, 0.25) is 5.02 Å². The summed E-state index contributed by atoms with van der Waals surface area (Å²) >= 11 is 6.45. The lowest BCUT2D eigenvalue weighted by Crippen LogP contribution is -2.32. The molecule has 6 nitrogen and oxygen atoms in total. The van der Waals surface area contributed by atoms with E-state index in [1.165, 1.54) is 18.2 Å². The summed E-state index contributed by atoms with van der Waals surface area (Å²) in [5.74, 6) is -0.542. The lowest BCUT2D eigenvalue weighted by Gasteiger charge is -2.30. The average Bonchev–Trinajstić information content (AvgIpc) is 3.10. The number of esters is 2. The van der Waals surface area contributed by atoms with Crippen LogP contribution in [0.25, 0.3) is 0 Å². The molecule has 0 aromatic heterocycles. The second kappa shape index (κ2) is 18.5. The highest BCUT2D eigenvalue weighted by atomic mass is 35.5. The van der Waals surface area contributed by atoms with Gasteiger partial charge in [0.2, 0.25) is 0 Å². The maximum absolute atomic E-state index is 12.6. The standard InChI is InChI=1S/C41H48ClNO5/c1-5-47-40(45)41(2,3)25-10-26-43(28-33-21-23-35(24-22-33)39(44)46-4)29-38(36-13-9-14-37(42)27-36)48-30-34-19-17-32(18-20-34)16-15-31-11-7-6-8-12-31/h6-9,11-14,17-24,27,38H,5,10,15-16,25-26,28-30H2,1-4H3. The van der Waals surface area contributed by atoms with Gasteiger partial charge >= 0.3 is 11.9 Å². The Bertz CT molecular complexity index is 1570. The normalized spacial score (nSPS) is 12.1. The molecule has 0 spiro atoms. The smallest absolute Gasteiger partial charge is 0.337 e. The third-order valence-corrected chi connectivity index (χ3v) is 8.78. The predicted molar refractivity (Wildman–Crippen MR) is 192 cm³/mol. The zero-order chi connectivity index (χ0) is 34.4. The summed E-state index contributed by atoms with van der Waals surface area (Å²) in [5.41, 5.74) is 5.72. The topological polar surface area (TPSA) is 65.1 Å². The van der Waals surface area contributed by atoms with Gasteiger partial charge in [-0.15, -0.1) is 0 Å². The number of benzene rings is 4. The quantitative estimate of drug-likeness (QED) is 0.0985. The van der Waals surface area contributed by atoms with Crippen LogP contribution < -0.4 is 0 Å². The van der Waals surface area contributed by atoms with Crippen molar-refractivity contribution in [2.24, 2.45) is 5.41 Å². The van der Waals surface area contributed by atoms with Crippen molar-refractivity contribution in [1.82, 2.24) is 4.90 Å². The SMILES string of the molecule is CCOC(=O)C(C)(C)CCCN(Cc1ccc(C(=O)OC)cc1)CC(OCc1ccc(CCc2ccccc2)cc1)c1cccc(Cl)c1. The van der Waals surface area contributed by atoms with Crippen molar-refractivity contribution >= 4 is 23.5 Å². The summed E-state index contributed by atoms with van der Waals surface area (Å²) in [6, 6.07) is 34.5. The Morgan fingerprint density at radius 1 is 0.812 bits per heavy atom. The van der Waals surface area contributed by atoms with Crippen LogP contribution >= 0.6 is 11.6 Å². The van der Waals surface area contributed by atoms with E-state index in [1.807, 2.05) is 57.2 Å². The molecular weight excluding hydrogens is 622 g/mol. The van der Waals surface area contributed by atoms with Gasteiger partial charge in [-0.3, -0.25) is 9.69 Å². The maximum atomic E-state index is 12.6. The van der Waals surface area contributed by atoms with Gasteiger partial charge in [0.05, 0.1) is 37.4 Å². The molecule has 4 aromatic rings. The lowest BCUT2D eigenvalue weighted by atomic mass is 9.88. The molecule has 0 aliphatic carbocycles. The van der Waals surface area contributed by atoms with Crippen LogP contribution in [0.5, 0.6) is 0 Å². The van der Waals surface area contributed by atoms with Gasteiger partial charge < -0.3 is 14.2 Å². The Morgan fingerprint density at radius 3 is 2.10 bits per heavy atom. The van der Waals surface area contributed by atoms with Gasteiger partial charge in [0.1, 0.15) is 0 Å². The molecule has 7 heteroatoms. The minimum atomic E-state index is -0.583. The van der Waals surface area contributed by atoms with Crippen LogP contribution in [0.1, 0.15) is 77.9 Å². The number of ether oxygens (including phenoxy) is 3. The molecule has 0 radical (unpaired) electrons. The fourth-order valence-electron chi connectivity index (χ4n) is 5.66. The second-order valence-electron chi connectivity index (χ2n) is 12.8. The maximum Gasteiger partial charge on any atom is 0.337 e. The number of hydrogen-bond acceptors (Lipinski definition) is 6. The fourth-order valence-corrected chi connectivity index (χ4v) is 5.86. The third-order valence-electron chi connectivity index (χ3n) is 8.55. The van der Waals surface area contributed by atoms with Gasteiger partial charge in [-0.25, -0.2) is 4.79 Å². The molecule has 0 saturated heterocycles. The van der Waals surface area contributed by atoms with Crippen molar-refractivity contribution in [1.29, 1.82) is 0 Å². The molecule has 48 heavy (non-hydrogen) atoms. The van der Waals surface area contributed by atoms with E-state index in [9.17, 15) is 9.59 Å². The molecule has 0 N–H and O–H groups in total. The van der Waals surface area contributed by atoms with Gasteiger partial charge in [0.15, 0.2) is 0 Å². The van der Waals surface area contributed by atoms with Crippen molar-refractivity contribution < 1.29 is 23.8 Å². The summed E-state index contributed by atoms with van der Waals surface area (Å²) in [6.07, 6.45) is 3.21. The van der Waals surface area contributed by atoms with Crippen molar-refractivity contribution in [2.45, 2.75) is 65.7 Å². The van der Waals surface area contributed by atoms with E-state index >= 15 is 0 Å². The van der Waals surface area contributed by atoms with Crippen LogP contribution in [0.15, 0.2) is 103 Å². The van der Waals surface area contributed by atoms with E-state index in [4.69, 9.17) is 25.8 Å². The Labute approximate surface area is 291 Å². The Balaban J connectivity index is 1.48. The number of carbonyl (C=O) groups excluding carboxylic acids is 2. The summed E-state index contributed by atoms with van der Waals surface area (Å²) in [6.45, 7) is 8.50. The molecule has 0 fully saturated rings. The summed E-state index contributed by atoms with van der Waals surface area (Å²) in [7, 11) is 1.38. The largest absolute Gasteiger partial charge is 0.466 e. The summed E-state index contributed by atoms with van der Waals surface area (Å²) in [5, 5.41) is 0.657. The van der Waals surface area contributed by atoms with E-state index in [0.29, 0.717) is 43.3 Å². The van der Waals surface area contributed by atoms with Crippen molar-refractivity contribution in [3.63, 3.8) is 0 Å². The van der Waals surface area contributed by atoms with Crippen LogP contribution in [0, 0.1) is 5.41 Å². The number of rotatable bonds is 18. The van der Waals surface area contributed by atoms with E-state index in [1.54, 1.807) is 12.1 Å². The number of carbonyl (C=O) groups is 2. The molecule has 4 rings (SSSR count). The molecule has 0 aliphatic rings. The summed E-state index contributed by atoms with van der Waals surface area (Å²) in [4.78, 5) is 26.9. The van der Waals surface area contributed by atoms with Crippen molar-refractivity contribution in [3.8, 4) is 0 Å². The van der Waals surface area contributed by atoms with E-state index < -0.39 is 5.41 Å². The van der Waals surface area contributed by atoms with Gasteiger partial charge in [0, 0.05) is 18.1 Å². The molecule has 0 amide bonds. The van der Waals surface area contributed by atoms with E-state index in [0.717, 1.165) is 42.5 Å². The fraction of sp³-hybridized carbons (Fsp3) is 0.366. The first-order valence-electron chi connectivity index (χ1n) is 16.7. The minimum absolute atomic E-state index is 0.179. The highest BCUT2D eigenvalue weighted by molar-refractivity contribution is 6.30. The molecule has 0 aliphatic heterocycles. The number of aryl methyl sites for hydroxylation is 2. The lowest BCUT2D eigenvalue weighted by molar-refractivity contribution is -0.153. The zero-order valence-corrected chi connectivity index (χ0v) is 29.4. The first kappa shape index (κ1) is 36.9. The van der Waals surface area contributed by atoms with Crippen LogP contribution in [-0.4, -0.2) is 43.6 Å². The molecule has 0 saturated carbocycles. The molecule has 0 bridgehead atoms. The van der Waals surface area contributed by atoms with Gasteiger partial charge in [-0.1, -0.05) is 90.5 Å². The third kappa shape index (κ3) is 11.6.